The Bertz CT molecular complexity index is 1020. The van der Waals surface area contributed by atoms with E-state index in [2.05, 4.69) is 80.3 Å². The fourth-order valence-corrected chi connectivity index (χ4v) is 3.04. The predicted octanol–water partition coefficient (Wildman–Crippen LogP) is 8.91. The van der Waals surface area contributed by atoms with Crippen LogP contribution in [0.2, 0.25) is 0 Å². The molecule has 0 fully saturated rings. The van der Waals surface area contributed by atoms with Gasteiger partial charge in [-0.2, -0.15) is 0 Å². The number of halogens is 6. The van der Waals surface area contributed by atoms with Gasteiger partial charge in [0, 0.05) is 28.4 Å². The van der Waals surface area contributed by atoms with Crippen molar-refractivity contribution in [2.24, 2.45) is 0 Å². The van der Waals surface area contributed by atoms with Crippen LogP contribution in [0.25, 0.3) is 11.3 Å². The lowest BCUT2D eigenvalue weighted by Crippen LogP contribution is -1.89. The Hall–Kier alpha value is 1.69. The summed E-state index contributed by atoms with van der Waals surface area (Å²) in [5, 5.41) is 0. The number of fused-ring (bicyclic) bond motifs is 2. The lowest BCUT2D eigenvalue weighted by atomic mass is 10.1. The second-order valence-electron chi connectivity index (χ2n) is 6.26. The third-order valence-corrected chi connectivity index (χ3v) is 4.78. The summed E-state index contributed by atoms with van der Waals surface area (Å²) in [7, 11) is 0. The van der Waals surface area contributed by atoms with Crippen LogP contribution in [0.5, 0.6) is 0 Å². The summed E-state index contributed by atoms with van der Waals surface area (Å²) in [4.78, 5) is 13.0. The van der Waals surface area contributed by atoms with E-state index in [-0.39, 0.29) is 120 Å². The van der Waals surface area contributed by atoms with Gasteiger partial charge in [-0.05, 0) is 60.9 Å². The number of pyridine rings is 1. The van der Waals surface area contributed by atoms with Crippen molar-refractivity contribution in [3.05, 3.63) is 63.8 Å². The second-order valence-corrected chi connectivity index (χ2v) is 7.51. The van der Waals surface area contributed by atoms with Crippen LogP contribution in [0.3, 0.4) is 0 Å². The maximum absolute atomic E-state index is 4.58. The van der Waals surface area contributed by atoms with Crippen molar-refractivity contribution < 1.29 is 0 Å². The largest absolute Gasteiger partial charge is 0.306 e. The van der Waals surface area contributed by atoms with Crippen molar-refractivity contribution in [1.82, 2.24) is 23.8 Å². The number of aromatic nitrogens is 5. The highest BCUT2D eigenvalue weighted by atomic mass is 127. The number of aryl methyl sites for hydroxylation is 2. The normalized spacial score (nSPS) is 9.72. The van der Waals surface area contributed by atoms with Gasteiger partial charge in [0.1, 0.15) is 5.65 Å². The maximum atomic E-state index is 4.58. The molecule has 184 valence electrons. The van der Waals surface area contributed by atoms with Crippen molar-refractivity contribution in [2.45, 2.75) is 53.9 Å². The van der Waals surface area contributed by atoms with E-state index in [1.807, 2.05) is 44.5 Å². The minimum absolute atomic E-state index is 0. The molecule has 0 spiro atoms. The first kappa shape index (κ1) is 40.8. The third kappa shape index (κ3) is 12.1. The first-order valence-corrected chi connectivity index (χ1v) is 10.5. The minimum atomic E-state index is 0. The van der Waals surface area contributed by atoms with Gasteiger partial charge in [0.05, 0.1) is 23.3 Å². The van der Waals surface area contributed by atoms with Crippen LogP contribution >= 0.6 is 142 Å². The molecule has 0 bridgehead atoms. The summed E-state index contributed by atoms with van der Waals surface area (Å²) in [5.74, 6) is 0.549. The van der Waals surface area contributed by atoms with Crippen LogP contribution in [0.4, 0.5) is 0 Å². The van der Waals surface area contributed by atoms with Crippen molar-refractivity contribution in [1.29, 1.82) is 0 Å². The van der Waals surface area contributed by atoms with E-state index in [1.54, 1.807) is 6.20 Å². The molecule has 0 aliphatic carbocycles. The molecule has 11 heteroatoms. The number of hydrogen-bond acceptors (Lipinski definition) is 3. The molecule has 4 rings (SSSR count). The molecule has 5 nitrogen and oxygen atoms in total. The fourth-order valence-electron chi connectivity index (χ4n) is 2.56. The van der Waals surface area contributed by atoms with Gasteiger partial charge in [-0.3, -0.25) is 4.98 Å². The fraction of sp³-hybridized carbons (Fsp3) is 0.381. The van der Waals surface area contributed by atoms with Gasteiger partial charge in [-0.25, -0.2) is 9.97 Å². The van der Waals surface area contributed by atoms with Crippen molar-refractivity contribution in [3.8, 4) is 0 Å². The van der Waals surface area contributed by atoms with Gasteiger partial charge in [-0.15, -0.1) is 120 Å². The standard InChI is InChI=1S/C11H13IN2.C8H9N3.C2H6.5HI/c1-3-8(2)10-7-14-6-9(12)4-5-11(14)13-10;1-6-4-11-5-7(2)10-8(11)3-9-6;1-2;;;;;/h4-8H,3H2,1-2H3;3-5H,1-2H3;1-2H3;5*1H. The zero-order chi connectivity index (χ0) is 20.0. The topological polar surface area (TPSA) is 47.5 Å². The average molecular weight is 1120 g/mol. The molecule has 0 amide bonds. The van der Waals surface area contributed by atoms with Crippen LogP contribution in [-0.2, 0) is 0 Å². The number of hydrogen-bond donors (Lipinski definition) is 0. The van der Waals surface area contributed by atoms with Crippen molar-refractivity contribution >= 4 is 154 Å². The number of rotatable bonds is 2. The lowest BCUT2D eigenvalue weighted by molar-refractivity contribution is 0.714. The van der Waals surface area contributed by atoms with Gasteiger partial charge in [0.25, 0.3) is 0 Å². The van der Waals surface area contributed by atoms with Gasteiger partial charge in [-0.1, -0.05) is 27.7 Å². The number of nitrogens with zero attached hydrogens (tertiary/aromatic N) is 5. The maximum Gasteiger partial charge on any atom is 0.155 e. The quantitative estimate of drug-likeness (QED) is 0.189. The molecule has 4 aromatic rings. The van der Waals surface area contributed by atoms with E-state index < -0.39 is 0 Å². The molecule has 0 aliphatic rings. The Labute approximate surface area is 290 Å². The predicted molar refractivity (Wildman–Crippen MR) is 197 cm³/mol. The van der Waals surface area contributed by atoms with E-state index in [4.69, 9.17) is 0 Å². The van der Waals surface area contributed by atoms with Crippen LogP contribution < -0.4 is 0 Å². The van der Waals surface area contributed by atoms with Crippen LogP contribution in [0.1, 0.15) is 57.1 Å². The summed E-state index contributed by atoms with van der Waals surface area (Å²) < 4.78 is 5.32. The third-order valence-electron chi connectivity index (χ3n) is 4.14. The summed E-state index contributed by atoms with van der Waals surface area (Å²) in [5.41, 5.74) is 5.18. The first-order chi connectivity index (χ1) is 13.0. The molecule has 1 unspecified atom stereocenters. The minimum Gasteiger partial charge on any atom is -0.306 e. The SMILES string of the molecule is CC.CCC(C)c1cn2cc(I)ccc2n1.Cc1cn2cc(C)nc2cn1.I.I.I.I.I. The molecule has 0 aliphatic heterocycles. The van der Waals surface area contributed by atoms with E-state index in [0.29, 0.717) is 5.92 Å². The highest BCUT2D eigenvalue weighted by Crippen LogP contribution is 2.18. The smallest absolute Gasteiger partial charge is 0.155 e. The lowest BCUT2D eigenvalue weighted by Gasteiger charge is -2.01. The van der Waals surface area contributed by atoms with Gasteiger partial charge >= 0.3 is 0 Å². The van der Waals surface area contributed by atoms with Crippen LogP contribution in [0.15, 0.2) is 43.1 Å². The molecule has 0 aromatic carbocycles. The highest BCUT2D eigenvalue weighted by Gasteiger charge is 2.07. The van der Waals surface area contributed by atoms with Gasteiger partial charge in [0.2, 0.25) is 0 Å². The molecular formula is C21H33I6N5. The molecule has 4 heterocycles. The molecular weight excluding hydrogens is 1080 g/mol. The Morgan fingerprint density at radius 2 is 1.38 bits per heavy atom. The van der Waals surface area contributed by atoms with Crippen molar-refractivity contribution in [2.75, 3.05) is 0 Å². The van der Waals surface area contributed by atoms with Crippen LogP contribution in [-0.4, -0.2) is 23.8 Å². The first-order valence-electron chi connectivity index (χ1n) is 9.38. The molecule has 0 radical (unpaired) electrons. The van der Waals surface area contributed by atoms with Gasteiger partial charge < -0.3 is 8.80 Å². The zero-order valence-corrected chi connectivity index (χ0v) is 32.8. The molecule has 4 aromatic heterocycles. The van der Waals surface area contributed by atoms with E-state index in [0.717, 1.165) is 29.1 Å². The second kappa shape index (κ2) is 20.8. The van der Waals surface area contributed by atoms with E-state index in [9.17, 15) is 0 Å². The van der Waals surface area contributed by atoms with Crippen LogP contribution in [0, 0.1) is 17.4 Å². The summed E-state index contributed by atoms with van der Waals surface area (Å²) in [6.45, 7) is 12.3. The Morgan fingerprint density at radius 1 is 0.812 bits per heavy atom. The molecule has 0 saturated heterocycles. The summed E-state index contributed by atoms with van der Waals surface area (Å²) in [6, 6.07) is 4.15. The molecule has 1 atom stereocenters. The Kier molecular flexibility index (Phi) is 26.6. The van der Waals surface area contributed by atoms with Gasteiger partial charge in [0.15, 0.2) is 5.65 Å². The Balaban J connectivity index is -0.000000201. The molecule has 32 heavy (non-hydrogen) atoms. The summed E-state index contributed by atoms with van der Waals surface area (Å²) in [6.07, 6.45) is 11.1. The number of imidazole rings is 2. The monoisotopic (exact) mass is 1120 g/mol. The van der Waals surface area contributed by atoms with E-state index in [1.165, 1.54) is 9.26 Å². The zero-order valence-electron chi connectivity index (χ0n) is 19.0. The highest BCUT2D eigenvalue weighted by molar-refractivity contribution is 14.1. The van der Waals surface area contributed by atoms with Crippen molar-refractivity contribution in [3.63, 3.8) is 0 Å². The molecule has 0 N–H and O–H groups in total. The average Bonchev–Trinajstić information content (AvgIpc) is 3.24. The Morgan fingerprint density at radius 3 is 1.97 bits per heavy atom. The molecule has 0 saturated carbocycles. The summed E-state index contributed by atoms with van der Waals surface area (Å²) >= 11 is 2.32. The van der Waals surface area contributed by atoms with E-state index >= 15 is 0 Å².